The van der Waals surface area contributed by atoms with Gasteiger partial charge < -0.3 is 5.32 Å². The van der Waals surface area contributed by atoms with Crippen LogP contribution in [0.2, 0.25) is 0 Å². The van der Waals surface area contributed by atoms with Crippen LogP contribution in [0.25, 0.3) is 0 Å². The van der Waals surface area contributed by atoms with E-state index >= 15 is 0 Å². The molecule has 1 saturated heterocycles. The van der Waals surface area contributed by atoms with E-state index in [9.17, 15) is 0 Å². The molecule has 2 rings (SSSR count). The summed E-state index contributed by atoms with van der Waals surface area (Å²) in [5, 5.41) is 3.66. The van der Waals surface area contributed by atoms with Crippen molar-refractivity contribution < 1.29 is 0 Å². The van der Waals surface area contributed by atoms with Gasteiger partial charge >= 0.3 is 0 Å². The number of piperidine rings is 1. The van der Waals surface area contributed by atoms with Crippen LogP contribution in [0.5, 0.6) is 0 Å². The molecule has 80 valence electrons. The predicted molar refractivity (Wildman–Crippen MR) is 61.4 cm³/mol. The van der Waals surface area contributed by atoms with Gasteiger partial charge in [-0.15, -0.1) is 0 Å². The molecule has 1 heterocycles. The van der Waals surface area contributed by atoms with Gasteiger partial charge in [-0.05, 0) is 52.0 Å². The molecule has 0 amide bonds. The van der Waals surface area contributed by atoms with Gasteiger partial charge in [0.15, 0.2) is 0 Å². The number of nitrogens with one attached hydrogen (secondary N) is 1. The minimum Gasteiger partial charge on any atom is -0.310 e. The summed E-state index contributed by atoms with van der Waals surface area (Å²) in [6, 6.07) is 0.719. The molecule has 0 aromatic carbocycles. The molecule has 0 bridgehead atoms. The van der Waals surface area contributed by atoms with Crippen LogP contribution in [0.3, 0.4) is 0 Å². The normalized spacial score (nSPS) is 28.9. The molecule has 1 atom stereocenters. The van der Waals surface area contributed by atoms with Gasteiger partial charge in [-0.2, -0.15) is 0 Å². The van der Waals surface area contributed by atoms with Gasteiger partial charge in [0.1, 0.15) is 0 Å². The minimum absolute atomic E-state index is 0.719. The van der Waals surface area contributed by atoms with Gasteiger partial charge in [-0.3, -0.25) is 0 Å². The fourth-order valence-electron chi connectivity index (χ4n) is 2.84. The maximum Gasteiger partial charge on any atom is 0.0279 e. The lowest BCUT2D eigenvalue weighted by Crippen LogP contribution is -2.35. The van der Waals surface area contributed by atoms with Crippen LogP contribution in [-0.4, -0.2) is 12.6 Å². The zero-order valence-electron chi connectivity index (χ0n) is 9.44. The summed E-state index contributed by atoms with van der Waals surface area (Å²) in [6.07, 6.45) is 11.2. The zero-order chi connectivity index (χ0) is 9.80. The molecule has 1 saturated carbocycles. The average Bonchev–Trinajstić information content (AvgIpc) is 2.30. The summed E-state index contributed by atoms with van der Waals surface area (Å²) in [6.45, 7) is 3.60. The first kappa shape index (κ1) is 10.2. The fourth-order valence-corrected chi connectivity index (χ4v) is 2.84. The Labute approximate surface area is 88.0 Å². The van der Waals surface area contributed by atoms with Crippen molar-refractivity contribution in [2.45, 2.75) is 64.3 Å². The van der Waals surface area contributed by atoms with E-state index in [4.69, 9.17) is 0 Å². The van der Waals surface area contributed by atoms with E-state index in [1.165, 1.54) is 57.9 Å². The SMILES string of the molecule is CC(=C1CCCCC1)C1CCCCN1. The second-order valence-electron chi connectivity index (χ2n) is 4.85. The highest BCUT2D eigenvalue weighted by atomic mass is 14.9. The molecule has 2 fully saturated rings. The lowest BCUT2D eigenvalue weighted by molar-refractivity contribution is 0.433. The van der Waals surface area contributed by atoms with Gasteiger partial charge in [-0.25, -0.2) is 0 Å². The molecule has 0 aromatic heterocycles. The largest absolute Gasteiger partial charge is 0.310 e. The molecule has 1 unspecified atom stereocenters. The molecule has 0 radical (unpaired) electrons. The Bertz CT molecular complexity index is 203. The van der Waals surface area contributed by atoms with Gasteiger partial charge in [0, 0.05) is 6.04 Å². The molecule has 1 nitrogen and oxygen atoms in total. The first-order chi connectivity index (χ1) is 6.88. The summed E-state index contributed by atoms with van der Waals surface area (Å²) >= 11 is 0. The first-order valence-electron chi connectivity index (χ1n) is 6.30. The van der Waals surface area contributed by atoms with Crippen molar-refractivity contribution in [1.29, 1.82) is 0 Å². The van der Waals surface area contributed by atoms with Crippen LogP contribution in [0.4, 0.5) is 0 Å². The molecule has 1 heteroatoms. The third-order valence-electron chi connectivity index (χ3n) is 3.85. The van der Waals surface area contributed by atoms with Crippen molar-refractivity contribution in [3.05, 3.63) is 11.1 Å². The quantitative estimate of drug-likeness (QED) is 0.629. The first-order valence-corrected chi connectivity index (χ1v) is 6.30. The molecule has 1 N–H and O–H groups in total. The lowest BCUT2D eigenvalue weighted by Gasteiger charge is -2.28. The van der Waals surface area contributed by atoms with E-state index < -0.39 is 0 Å². The fraction of sp³-hybridized carbons (Fsp3) is 0.846. The van der Waals surface area contributed by atoms with E-state index in [1.807, 2.05) is 0 Å². The van der Waals surface area contributed by atoms with E-state index in [-0.39, 0.29) is 0 Å². The second kappa shape index (κ2) is 4.97. The van der Waals surface area contributed by atoms with Crippen LogP contribution >= 0.6 is 0 Å². The molecule has 0 spiro atoms. The van der Waals surface area contributed by atoms with Crippen LogP contribution < -0.4 is 5.32 Å². The summed E-state index contributed by atoms with van der Waals surface area (Å²) in [5.41, 5.74) is 3.46. The number of hydrogen-bond acceptors (Lipinski definition) is 1. The summed E-state index contributed by atoms with van der Waals surface area (Å²) in [4.78, 5) is 0. The number of allylic oxidation sites excluding steroid dienone is 1. The zero-order valence-corrected chi connectivity index (χ0v) is 9.44. The lowest BCUT2D eigenvalue weighted by atomic mass is 9.87. The van der Waals surface area contributed by atoms with Gasteiger partial charge in [0.2, 0.25) is 0 Å². The average molecular weight is 193 g/mol. The summed E-state index contributed by atoms with van der Waals surface area (Å²) in [7, 11) is 0. The number of hydrogen-bond donors (Lipinski definition) is 1. The monoisotopic (exact) mass is 193 g/mol. The summed E-state index contributed by atoms with van der Waals surface area (Å²) < 4.78 is 0. The molecule has 1 aliphatic heterocycles. The van der Waals surface area contributed by atoms with Crippen LogP contribution in [0.1, 0.15) is 58.3 Å². The topological polar surface area (TPSA) is 12.0 Å². The predicted octanol–water partition coefficient (Wildman–Crippen LogP) is 3.41. The van der Waals surface area contributed by atoms with Crippen molar-refractivity contribution in [1.82, 2.24) is 5.32 Å². The van der Waals surface area contributed by atoms with Crippen molar-refractivity contribution >= 4 is 0 Å². The maximum atomic E-state index is 3.66. The van der Waals surface area contributed by atoms with Crippen LogP contribution in [0, 0.1) is 0 Å². The molecular weight excluding hydrogens is 170 g/mol. The standard InChI is InChI=1S/C13H23N/c1-11(12-7-3-2-4-8-12)13-9-5-6-10-14-13/h13-14H,2-10H2,1H3. The molecule has 14 heavy (non-hydrogen) atoms. The Kier molecular flexibility index (Phi) is 3.63. The van der Waals surface area contributed by atoms with Crippen molar-refractivity contribution in [3.8, 4) is 0 Å². The highest BCUT2D eigenvalue weighted by molar-refractivity contribution is 5.19. The smallest absolute Gasteiger partial charge is 0.0279 e. The molecule has 2 aliphatic rings. The minimum atomic E-state index is 0.719. The van der Waals surface area contributed by atoms with Crippen molar-refractivity contribution in [3.63, 3.8) is 0 Å². The van der Waals surface area contributed by atoms with E-state index in [0.29, 0.717) is 0 Å². The third kappa shape index (κ3) is 2.38. The van der Waals surface area contributed by atoms with Gasteiger partial charge in [0.25, 0.3) is 0 Å². The van der Waals surface area contributed by atoms with E-state index in [1.54, 1.807) is 11.1 Å². The van der Waals surface area contributed by atoms with Crippen molar-refractivity contribution in [2.75, 3.05) is 6.54 Å². The Balaban J connectivity index is 1.99. The molecular formula is C13H23N. The van der Waals surface area contributed by atoms with Crippen LogP contribution in [0.15, 0.2) is 11.1 Å². The Morgan fingerprint density at radius 3 is 2.50 bits per heavy atom. The van der Waals surface area contributed by atoms with E-state index in [2.05, 4.69) is 12.2 Å². The Hall–Kier alpha value is -0.300. The third-order valence-corrected chi connectivity index (χ3v) is 3.85. The van der Waals surface area contributed by atoms with Crippen LogP contribution in [-0.2, 0) is 0 Å². The van der Waals surface area contributed by atoms with Gasteiger partial charge in [-0.1, -0.05) is 24.0 Å². The highest BCUT2D eigenvalue weighted by Crippen LogP contribution is 2.28. The van der Waals surface area contributed by atoms with Crippen molar-refractivity contribution in [2.24, 2.45) is 0 Å². The Morgan fingerprint density at radius 1 is 1.07 bits per heavy atom. The molecule has 1 aliphatic carbocycles. The summed E-state index contributed by atoms with van der Waals surface area (Å²) in [5.74, 6) is 0. The van der Waals surface area contributed by atoms with E-state index in [0.717, 1.165) is 6.04 Å². The molecule has 0 aromatic rings. The van der Waals surface area contributed by atoms with Gasteiger partial charge in [0.05, 0.1) is 0 Å². The maximum absolute atomic E-state index is 3.66. The number of rotatable bonds is 1. The Morgan fingerprint density at radius 2 is 1.86 bits per heavy atom. The highest BCUT2D eigenvalue weighted by Gasteiger charge is 2.18. The second-order valence-corrected chi connectivity index (χ2v) is 4.85.